The maximum atomic E-state index is 12.3. The van der Waals surface area contributed by atoms with Gasteiger partial charge in [0.15, 0.2) is 5.82 Å². The Morgan fingerprint density at radius 2 is 1.92 bits per heavy atom. The lowest BCUT2D eigenvalue weighted by molar-refractivity contribution is -0.132. The van der Waals surface area contributed by atoms with Crippen LogP contribution >= 0.6 is 0 Å². The molecular formula is C19H24N4O3. The van der Waals surface area contributed by atoms with E-state index in [1.54, 1.807) is 4.90 Å². The molecule has 1 atom stereocenters. The summed E-state index contributed by atoms with van der Waals surface area (Å²) in [5.41, 5.74) is 0.656. The van der Waals surface area contributed by atoms with Crippen LogP contribution in [0.4, 0.5) is 0 Å². The quantitative estimate of drug-likeness (QED) is 0.889. The molecule has 1 N–H and O–H groups in total. The van der Waals surface area contributed by atoms with E-state index >= 15 is 0 Å². The van der Waals surface area contributed by atoms with Gasteiger partial charge in [0.1, 0.15) is 5.78 Å². The predicted octanol–water partition coefficient (Wildman–Crippen LogP) is 2.16. The SMILES string of the molecule is CC(=O)CCC(=O)N1CCCC(n2nc(-c3ccccc3)[nH]c2=O)CC1. The standard InChI is InChI=1S/C19H24N4O3/c1-14(24)9-10-17(25)22-12-5-8-16(11-13-22)23-19(26)20-18(21-23)15-6-3-2-4-7-15/h2-4,6-7,16H,5,8-13H2,1H3,(H,20,21,26). The molecule has 2 aromatic rings. The number of carbonyl (C=O) groups excluding carboxylic acids is 2. The van der Waals surface area contributed by atoms with E-state index in [1.807, 2.05) is 30.3 Å². The van der Waals surface area contributed by atoms with Gasteiger partial charge in [0.25, 0.3) is 0 Å². The van der Waals surface area contributed by atoms with Crippen molar-refractivity contribution in [3.63, 3.8) is 0 Å². The molecule has 1 saturated heterocycles. The van der Waals surface area contributed by atoms with Gasteiger partial charge in [-0.2, -0.15) is 0 Å². The van der Waals surface area contributed by atoms with E-state index in [0.29, 0.717) is 25.3 Å². The topological polar surface area (TPSA) is 88.1 Å². The molecule has 0 aliphatic carbocycles. The minimum absolute atomic E-state index is 0.0141. The Hall–Kier alpha value is -2.70. The van der Waals surface area contributed by atoms with Crippen molar-refractivity contribution < 1.29 is 9.59 Å². The summed E-state index contributed by atoms with van der Waals surface area (Å²) in [6, 6.07) is 9.52. The number of Topliss-reactive ketones (excluding diaryl/α,β-unsaturated/α-hetero) is 1. The van der Waals surface area contributed by atoms with E-state index in [9.17, 15) is 14.4 Å². The average molecular weight is 356 g/mol. The first-order valence-corrected chi connectivity index (χ1v) is 9.06. The zero-order valence-corrected chi connectivity index (χ0v) is 15.0. The fourth-order valence-electron chi connectivity index (χ4n) is 3.32. The second-order valence-electron chi connectivity index (χ2n) is 6.76. The Morgan fingerprint density at radius 3 is 2.65 bits per heavy atom. The molecule has 1 amide bonds. The third-order valence-electron chi connectivity index (χ3n) is 4.78. The molecule has 7 heteroatoms. The van der Waals surface area contributed by atoms with Crippen molar-refractivity contribution in [1.82, 2.24) is 19.7 Å². The van der Waals surface area contributed by atoms with Crippen molar-refractivity contribution in [3.05, 3.63) is 40.8 Å². The predicted molar refractivity (Wildman–Crippen MR) is 97.7 cm³/mol. The van der Waals surface area contributed by atoms with Gasteiger partial charge in [0.2, 0.25) is 5.91 Å². The van der Waals surface area contributed by atoms with Gasteiger partial charge >= 0.3 is 5.69 Å². The number of aromatic amines is 1. The van der Waals surface area contributed by atoms with Gasteiger partial charge in [-0.3, -0.25) is 9.78 Å². The molecule has 1 aliphatic rings. The molecular weight excluding hydrogens is 332 g/mol. The molecule has 1 fully saturated rings. The maximum Gasteiger partial charge on any atom is 0.343 e. The molecule has 2 heterocycles. The summed E-state index contributed by atoms with van der Waals surface area (Å²) in [7, 11) is 0. The Bertz CT molecular complexity index is 825. The molecule has 26 heavy (non-hydrogen) atoms. The molecule has 1 aliphatic heterocycles. The van der Waals surface area contributed by atoms with Crippen LogP contribution in [0.25, 0.3) is 11.4 Å². The van der Waals surface area contributed by atoms with E-state index in [0.717, 1.165) is 18.4 Å². The summed E-state index contributed by atoms with van der Waals surface area (Å²) in [5, 5.41) is 4.48. The number of hydrogen-bond donors (Lipinski definition) is 1. The third kappa shape index (κ3) is 4.28. The van der Waals surface area contributed by atoms with Crippen molar-refractivity contribution in [1.29, 1.82) is 0 Å². The van der Waals surface area contributed by atoms with Crippen molar-refractivity contribution in [2.24, 2.45) is 0 Å². The Balaban J connectivity index is 1.68. The van der Waals surface area contributed by atoms with Crippen LogP contribution < -0.4 is 5.69 Å². The zero-order valence-electron chi connectivity index (χ0n) is 15.0. The van der Waals surface area contributed by atoms with Crippen LogP contribution in [0.5, 0.6) is 0 Å². The maximum absolute atomic E-state index is 12.3. The second kappa shape index (κ2) is 8.12. The van der Waals surface area contributed by atoms with Crippen molar-refractivity contribution in [3.8, 4) is 11.4 Å². The van der Waals surface area contributed by atoms with Crippen molar-refractivity contribution >= 4 is 11.7 Å². The van der Waals surface area contributed by atoms with Gasteiger partial charge in [-0.25, -0.2) is 9.48 Å². The highest BCUT2D eigenvalue weighted by atomic mass is 16.2. The van der Waals surface area contributed by atoms with Gasteiger partial charge < -0.3 is 9.69 Å². The first-order chi connectivity index (χ1) is 12.5. The van der Waals surface area contributed by atoms with Gasteiger partial charge in [0.05, 0.1) is 6.04 Å². The molecule has 138 valence electrons. The number of carbonyl (C=O) groups is 2. The van der Waals surface area contributed by atoms with E-state index in [-0.39, 0.29) is 36.3 Å². The number of aromatic nitrogens is 3. The average Bonchev–Trinajstić information content (AvgIpc) is 2.87. The highest BCUT2D eigenvalue weighted by molar-refractivity contribution is 5.83. The highest BCUT2D eigenvalue weighted by Crippen LogP contribution is 2.22. The number of likely N-dealkylation sites (tertiary alicyclic amines) is 1. The lowest BCUT2D eigenvalue weighted by Gasteiger charge is -2.20. The number of hydrogen-bond acceptors (Lipinski definition) is 4. The number of amides is 1. The monoisotopic (exact) mass is 356 g/mol. The number of rotatable bonds is 5. The summed E-state index contributed by atoms with van der Waals surface area (Å²) < 4.78 is 1.52. The fourth-order valence-corrected chi connectivity index (χ4v) is 3.32. The van der Waals surface area contributed by atoms with Gasteiger partial charge in [-0.1, -0.05) is 30.3 Å². The fraction of sp³-hybridized carbons (Fsp3) is 0.474. The lowest BCUT2D eigenvalue weighted by atomic mass is 10.1. The first kappa shape index (κ1) is 18.1. The molecule has 7 nitrogen and oxygen atoms in total. The molecule has 0 saturated carbocycles. The molecule has 0 spiro atoms. The summed E-state index contributed by atoms with van der Waals surface area (Å²) >= 11 is 0. The number of H-pyrrole nitrogens is 1. The number of nitrogens with zero attached hydrogens (tertiary/aromatic N) is 3. The Morgan fingerprint density at radius 1 is 1.15 bits per heavy atom. The largest absolute Gasteiger partial charge is 0.343 e. The van der Waals surface area contributed by atoms with Crippen LogP contribution in [0.3, 0.4) is 0 Å². The van der Waals surface area contributed by atoms with Crippen LogP contribution in [0, 0.1) is 0 Å². The lowest BCUT2D eigenvalue weighted by Crippen LogP contribution is -2.32. The van der Waals surface area contributed by atoms with Crippen LogP contribution in [0.2, 0.25) is 0 Å². The highest BCUT2D eigenvalue weighted by Gasteiger charge is 2.24. The smallest absolute Gasteiger partial charge is 0.343 e. The third-order valence-corrected chi connectivity index (χ3v) is 4.78. The molecule has 1 aromatic carbocycles. The number of benzene rings is 1. The zero-order chi connectivity index (χ0) is 18.5. The van der Waals surface area contributed by atoms with E-state index in [2.05, 4.69) is 10.1 Å². The number of nitrogens with one attached hydrogen (secondary N) is 1. The molecule has 3 rings (SSSR count). The van der Waals surface area contributed by atoms with Crippen LogP contribution in [-0.2, 0) is 9.59 Å². The van der Waals surface area contributed by atoms with Crippen molar-refractivity contribution in [2.75, 3.05) is 13.1 Å². The Labute approximate surface area is 152 Å². The van der Waals surface area contributed by atoms with E-state index < -0.39 is 0 Å². The normalized spacial score (nSPS) is 17.7. The van der Waals surface area contributed by atoms with Crippen molar-refractivity contribution in [2.45, 2.75) is 45.1 Å². The first-order valence-electron chi connectivity index (χ1n) is 9.06. The summed E-state index contributed by atoms with van der Waals surface area (Å²) in [5.74, 6) is 0.608. The summed E-state index contributed by atoms with van der Waals surface area (Å²) in [6.45, 7) is 2.75. The van der Waals surface area contributed by atoms with Crippen LogP contribution in [-0.4, -0.2) is 44.4 Å². The van der Waals surface area contributed by atoms with Crippen LogP contribution in [0.15, 0.2) is 35.1 Å². The minimum atomic E-state index is -0.217. The van der Waals surface area contributed by atoms with Gasteiger partial charge in [-0.05, 0) is 26.2 Å². The molecule has 0 radical (unpaired) electrons. The number of ketones is 1. The summed E-state index contributed by atoms with van der Waals surface area (Å²) in [4.78, 5) is 40.3. The van der Waals surface area contributed by atoms with E-state index in [1.165, 1.54) is 11.6 Å². The summed E-state index contributed by atoms with van der Waals surface area (Å²) in [6.07, 6.45) is 2.86. The van der Waals surface area contributed by atoms with Gasteiger partial charge in [-0.15, -0.1) is 5.10 Å². The van der Waals surface area contributed by atoms with Crippen LogP contribution in [0.1, 0.15) is 45.1 Å². The molecule has 1 unspecified atom stereocenters. The second-order valence-corrected chi connectivity index (χ2v) is 6.76. The van der Waals surface area contributed by atoms with Gasteiger partial charge in [0, 0.05) is 31.5 Å². The molecule has 0 bridgehead atoms. The Kier molecular flexibility index (Phi) is 5.65. The van der Waals surface area contributed by atoms with E-state index in [4.69, 9.17) is 0 Å². The minimum Gasteiger partial charge on any atom is -0.343 e. The molecule has 1 aromatic heterocycles.